The number of rotatable bonds is 3. The van der Waals surface area contributed by atoms with Crippen molar-refractivity contribution in [1.29, 1.82) is 0 Å². The van der Waals surface area contributed by atoms with Crippen molar-refractivity contribution in [2.45, 2.75) is 12.0 Å². The summed E-state index contributed by atoms with van der Waals surface area (Å²) < 4.78 is 7.08. The second kappa shape index (κ2) is 6.90. The summed E-state index contributed by atoms with van der Waals surface area (Å²) in [5.74, 6) is 0.585. The molecule has 2 unspecified atom stereocenters. The number of halogens is 1. The summed E-state index contributed by atoms with van der Waals surface area (Å²) in [4.78, 5) is 13.9. The maximum atomic E-state index is 12.4. The summed E-state index contributed by atoms with van der Waals surface area (Å²) in [6.07, 6.45) is -0.720. The molecule has 1 amide bonds. The van der Waals surface area contributed by atoms with Crippen LogP contribution in [0, 0.1) is 0 Å². The molecule has 0 spiro atoms. The molecular formula is C17H15ClNO3Y. The van der Waals surface area contributed by atoms with Gasteiger partial charge in [0.05, 0.1) is 0 Å². The minimum atomic E-state index is -0.720. The molecule has 0 radical (unpaired) electrons. The number of hydrogen-bond acceptors (Lipinski definition) is 3. The van der Waals surface area contributed by atoms with E-state index in [0.717, 1.165) is 38.9 Å². The summed E-state index contributed by atoms with van der Waals surface area (Å²) in [5.41, 5.74) is 0.743. The first kappa shape index (κ1) is 16.9. The topological polar surface area (TPSA) is 49.8 Å². The Kier molecular flexibility index (Phi) is 5.07. The molecule has 1 aliphatic heterocycles. The average Bonchev–Trinajstić information content (AvgIpc) is 2.76. The van der Waals surface area contributed by atoms with Gasteiger partial charge in [-0.3, -0.25) is 0 Å². The van der Waals surface area contributed by atoms with Gasteiger partial charge in [-0.2, -0.15) is 0 Å². The molecule has 0 aromatic heterocycles. The molecule has 1 aliphatic rings. The second-order valence-corrected chi connectivity index (χ2v) is 7.69. The van der Waals surface area contributed by atoms with Crippen molar-refractivity contribution in [3.63, 3.8) is 0 Å². The van der Waals surface area contributed by atoms with Gasteiger partial charge in [0, 0.05) is 0 Å². The Morgan fingerprint density at radius 2 is 1.96 bits per heavy atom. The Morgan fingerprint density at radius 1 is 1.26 bits per heavy atom. The third-order valence-corrected chi connectivity index (χ3v) is 5.03. The van der Waals surface area contributed by atoms with E-state index in [1.807, 2.05) is 18.2 Å². The van der Waals surface area contributed by atoms with E-state index in [9.17, 15) is 9.90 Å². The number of β-amino-alcohol motifs (C(OH)–C–C–N with tert-alkyl or cyclic N) is 1. The third-order valence-electron chi connectivity index (χ3n) is 3.90. The van der Waals surface area contributed by atoms with Crippen LogP contribution in [0.1, 0.15) is 11.5 Å². The van der Waals surface area contributed by atoms with Crippen molar-refractivity contribution in [3.05, 3.63) is 53.1 Å². The van der Waals surface area contributed by atoms with E-state index in [-0.39, 0.29) is 5.91 Å². The second-order valence-electron chi connectivity index (χ2n) is 5.62. The number of ether oxygens (including phenoxy) is 1. The molecule has 1 saturated heterocycles. The summed E-state index contributed by atoms with van der Waals surface area (Å²) in [6.45, 7) is 0.342. The fourth-order valence-corrected chi connectivity index (χ4v) is 3.55. The fourth-order valence-electron chi connectivity index (χ4n) is 2.75. The monoisotopic (exact) mass is 405 g/mol. The normalized spacial score (nSPS) is 20.8. The SMILES string of the molecule is CN1CC(O)C(c2c[c]([Y])ccc2Oc2ccc(Cl)cc2)C1=O. The molecule has 0 aliphatic carbocycles. The standard InChI is InChI=1S/C17H15ClNO3.Y/c1-19-10-14(20)16(17(19)21)13-4-2-3-5-15(13)22-12-8-6-11(18)7-9-12;/h3-9,14,16,20H,10H2,1H3;. The Labute approximate surface area is 159 Å². The number of carbonyl (C=O) groups excluding carboxylic acids is 1. The van der Waals surface area contributed by atoms with Crippen LogP contribution in [0.2, 0.25) is 5.02 Å². The molecule has 0 saturated carbocycles. The number of benzene rings is 2. The molecule has 1 N–H and O–H groups in total. The zero-order chi connectivity index (χ0) is 16.6. The van der Waals surface area contributed by atoms with Gasteiger partial charge in [0.2, 0.25) is 0 Å². The molecule has 0 bridgehead atoms. The number of amides is 1. The van der Waals surface area contributed by atoms with Gasteiger partial charge < -0.3 is 0 Å². The molecule has 6 heteroatoms. The van der Waals surface area contributed by atoms with Gasteiger partial charge in [0.25, 0.3) is 0 Å². The Hall–Kier alpha value is -0.936. The number of nitrogens with zero attached hydrogens (tertiary/aromatic N) is 1. The van der Waals surface area contributed by atoms with Crippen LogP contribution in [0.3, 0.4) is 0 Å². The van der Waals surface area contributed by atoms with Crippen LogP contribution in [0.15, 0.2) is 42.5 Å². The first-order chi connectivity index (χ1) is 11.0. The zero-order valence-corrected chi connectivity index (χ0v) is 16.2. The third kappa shape index (κ3) is 3.61. The maximum absolute atomic E-state index is 12.4. The van der Waals surface area contributed by atoms with Gasteiger partial charge >= 0.3 is 161 Å². The van der Waals surface area contributed by atoms with E-state index in [1.165, 1.54) is 0 Å². The molecular weight excluding hydrogens is 391 g/mol. The first-order valence-corrected chi connectivity index (χ1v) is 9.01. The molecule has 2 aromatic rings. The van der Waals surface area contributed by atoms with E-state index >= 15 is 0 Å². The zero-order valence-electron chi connectivity index (χ0n) is 12.6. The van der Waals surface area contributed by atoms with E-state index in [4.69, 9.17) is 16.3 Å². The summed E-state index contributed by atoms with van der Waals surface area (Å²) >= 11 is 6.82. The van der Waals surface area contributed by atoms with Crippen LogP contribution in [-0.4, -0.2) is 35.6 Å². The van der Waals surface area contributed by atoms with Crippen molar-refractivity contribution in [2.75, 3.05) is 13.6 Å². The molecule has 2 atom stereocenters. The number of hydrogen-bond donors (Lipinski definition) is 1. The number of carbonyl (C=O) groups is 1. The Morgan fingerprint density at radius 3 is 2.57 bits per heavy atom. The van der Waals surface area contributed by atoms with E-state index in [2.05, 4.69) is 0 Å². The van der Waals surface area contributed by atoms with E-state index < -0.39 is 12.0 Å². The molecule has 1 heterocycles. The van der Waals surface area contributed by atoms with Gasteiger partial charge in [-0.1, -0.05) is 0 Å². The molecule has 23 heavy (non-hydrogen) atoms. The number of aliphatic hydroxyl groups is 1. The van der Waals surface area contributed by atoms with Crippen molar-refractivity contribution in [2.24, 2.45) is 0 Å². The minimum absolute atomic E-state index is 0.0790. The predicted octanol–water partition coefficient (Wildman–Crippen LogP) is 2.22. The summed E-state index contributed by atoms with van der Waals surface area (Å²) in [6, 6.07) is 12.9. The van der Waals surface area contributed by atoms with Crippen molar-refractivity contribution < 1.29 is 45.6 Å². The number of likely N-dealkylation sites (N-methyl/N-ethyl adjacent to an activating group) is 1. The predicted molar refractivity (Wildman–Crippen MR) is 84.0 cm³/mol. The average molecular weight is 406 g/mol. The van der Waals surface area contributed by atoms with Gasteiger partial charge in [-0.25, -0.2) is 0 Å². The van der Waals surface area contributed by atoms with Crippen molar-refractivity contribution in [1.82, 2.24) is 4.90 Å². The van der Waals surface area contributed by atoms with Crippen molar-refractivity contribution in [3.8, 4) is 11.5 Å². The van der Waals surface area contributed by atoms with Crippen LogP contribution in [-0.2, 0) is 35.7 Å². The van der Waals surface area contributed by atoms with Crippen molar-refractivity contribution >= 4 is 19.9 Å². The van der Waals surface area contributed by atoms with Crippen LogP contribution in [0.25, 0.3) is 0 Å². The number of likely N-dealkylation sites (tertiary alicyclic amines) is 1. The van der Waals surface area contributed by atoms with Gasteiger partial charge in [0.1, 0.15) is 0 Å². The van der Waals surface area contributed by atoms with Gasteiger partial charge in [-0.15, -0.1) is 0 Å². The van der Waals surface area contributed by atoms with Gasteiger partial charge in [0.15, 0.2) is 0 Å². The molecule has 116 valence electrons. The Balaban J connectivity index is 1.98. The number of aliphatic hydroxyl groups excluding tert-OH is 1. The molecule has 4 nitrogen and oxygen atoms in total. The van der Waals surface area contributed by atoms with Gasteiger partial charge in [-0.05, 0) is 0 Å². The van der Waals surface area contributed by atoms with Crippen LogP contribution in [0.4, 0.5) is 0 Å². The van der Waals surface area contributed by atoms with Crippen LogP contribution in [0.5, 0.6) is 11.5 Å². The Bertz CT molecular complexity index is 735. The summed E-state index contributed by atoms with van der Waals surface area (Å²) in [7, 11) is 1.70. The summed E-state index contributed by atoms with van der Waals surface area (Å²) in [5, 5.41) is 10.9. The van der Waals surface area contributed by atoms with Crippen LogP contribution >= 0.6 is 11.6 Å². The first-order valence-electron chi connectivity index (χ1n) is 7.21. The van der Waals surface area contributed by atoms with Crippen LogP contribution < -0.4 is 7.11 Å². The quantitative estimate of drug-likeness (QED) is 0.852. The molecule has 1 fully saturated rings. The van der Waals surface area contributed by atoms with E-state index in [1.54, 1.807) is 36.2 Å². The molecule has 2 aromatic carbocycles. The fraction of sp³-hybridized carbons (Fsp3) is 0.235. The van der Waals surface area contributed by atoms with E-state index in [0.29, 0.717) is 23.1 Å². The molecule has 3 rings (SSSR count).